The molecular formula is C35H45F2N3O7. The lowest BCUT2D eigenvalue weighted by molar-refractivity contribution is 0.0288. The molecule has 47 heavy (non-hydrogen) atoms. The van der Waals surface area contributed by atoms with Gasteiger partial charge in [0, 0.05) is 25.7 Å². The van der Waals surface area contributed by atoms with Crippen molar-refractivity contribution in [1.29, 1.82) is 0 Å². The van der Waals surface area contributed by atoms with Crippen LogP contribution in [0.4, 0.5) is 24.4 Å². The summed E-state index contributed by atoms with van der Waals surface area (Å²) in [6.07, 6.45) is 2.81. The first-order valence-corrected chi connectivity index (χ1v) is 16.3. The molecule has 0 bridgehead atoms. The van der Waals surface area contributed by atoms with Gasteiger partial charge in [-0.2, -0.15) is 4.98 Å². The molecule has 0 radical (unpaired) electrons. The Morgan fingerprint density at radius 2 is 1.62 bits per heavy atom. The lowest BCUT2D eigenvalue weighted by Crippen LogP contribution is -2.41. The zero-order valence-electron chi connectivity index (χ0n) is 28.0. The van der Waals surface area contributed by atoms with Crippen molar-refractivity contribution in [2.24, 2.45) is 11.8 Å². The molecule has 256 valence electrons. The number of hydrogen-bond acceptors (Lipinski definition) is 8. The van der Waals surface area contributed by atoms with Gasteiger partial charge in [0.25, 0.3) is 0 Å². The molecule has 2 aromatic carbocycles. The van der Waals surface area contributed by atoms with Crippen LogP contribution in [0, 0.1) is 23.5 Å². The monoisotopic (exact) mass is 657 g/mol. The third-order valence-electron chi connectivity index (χ3n) is 8.05. The van der Waals surface area contributed by atoms with E-state index >= 15 is 0 Å². The van der Waals surface area contributed by atoms with E-state index in [1.807, 2.05) is 26.8 Å². The minimum Gasteiger partial charge on any atom is -0.490 e. The number of fused-ring (bicyclic) bond motifs is 1. The maximum absolute atomic E-state index is 13.9. The maximum atomic E-state index is 13.9. The minimum atomic E-state index is -0.736. The Morgan fingerprint density at radius 1 is 0.936 bits per heavy atom. The summed E-state index contributed by atoms with van der Waals surface area (Å²) in [6.45, 7) is 12.3. The average Bonchev–Trinajstić information content (AvgIpc) is 3.62. The quantitative estimate of drug-likeness (QED) is 0.239. The number of nitrogens with zero attached hydrogens (tertiary/aromatic N) is 3. The molecule has 3 aromatic rings. The zero-order chi connectivity index (χ0) is 33.9. The molecule has 1 aliphatic carbocycles. The van der Waals surface area contributed by atoms with Gasteiger partial charge in [-0.15, -0.1) is 0 Å². The fourth-order valence-corrected chi connectivity index (χ4v) is 5.79. The smallest absolute Gasteiger partial charge is 0.418 e. The summed E-state index contributed by atoms with van der Waals surface area (Å²) in [7, 11) is 0. The second-order valence-corrected chi connectivity index (χ2v) is 14.4. The van der Waals surface area contributed by atoms with E-state index in [9.17, 15) is 18.4 Å². The molecule has 5 rings (SSSR count). The number of halogens is 2. The van der Waals surface area contributed by atoms with Crippen LogP contribution in [0.3, 0.4) is 0 Å². The van der Waals surface area contributed by atoms with Crippen molar-refractivity contribution in [1.82, 2.24) is 9.88 Å². The van der Waals surface area contributed by atoms with E-state index in [0.29, 0.717) is 36.4 Å². The van der Waals surface area contributed by atoms with Crippen LogP contribution in [-0.2, 0) is 9.47 Å². The van der Waals surface area contributed by atoms with E-state index in [1.165, 1.54) is 23.1 Å². The van der Waals surface area contributed by atoms with E-state index in [2.05, 4.69) is 4.98 Å². The van der Waals surface area contributed by atoms with Crippen LogP contribution in [0.1, 0.15) is 73.6 Å². The Labute approximate surface area is 274 Å². The molecule has 2 fully saturated rings. The number of aromatic nitrogens is 1. The van der Waals surface area contributed by atoms with Crippen LogP contribution in [0.15, 0.2) is 40.8 Å². The summed E-state index contributed by atoms with van der Waals surface area (Å²) in [5.41, 5.74) is -0.315. The molecule has 12 heteroatoms. The normalized spacial score (nSPS) is 20.3. The summed E-state index contributed by atoms with van der Waals surface area (Å²) in [5, 5.41) is 0. The van der Waals surface area contributed by atoms with Gasteiger partial charge in [0.15, 0.2) is 23.0 Å². The van der Waals surface area contributed by atoms with Gasteiger partial charge in [-0.25, -0.2) is 23.3 Å². The molecule has 1 saturated carbocycles. The number of benzene rings is 2. The second kappa shape index (κ2) is 13.9. The molecule has 0 spiro atoms. The standard InChI is InChI=1S/C35H45F2N3O7/c1-34(2,3)46-32(41)39-17-16-23(19-39)20-40(33(42)47-35(4,5)6)31-38-28-15-14-25(18-29(28)45-31)44-24-12-10-22(11-13-24)21-43-30-26(36)8-7-9-27(30)37/h7-9,14-15,18,22-24H,10-13,16-17,19-21H2,1-6H3/t22?,23-,24?/m0/s1. The minimum absolute atomic E-state index is 0.0322. The fraction of sp³-hybridized carbons (Fsp3) is 0.571. The third kappa shape index (κ3) is 9.26. The summed E-state index contributed by atoms with van der Waals surface area (Å²) in [4.78, 5) is 33.6. The van der Waals surface area contributed by atoms with Gasteiger partial charge < -0.3 is 28.3 Å². The predicted octanol–water partition coefficient (Wildman–Crippen LogP) is 8.12. The number of carbonyl (C=O) groups excluding carboxylic acids is 2. The van der Waals surface area contributed by atoms with Gasteiger partial charge in [-0.3, -0.25) is 0 Å². The highest BCUT2D eigenvalue weighted by molar-refractivity contribution is 5.87. The van der Waals surface area contributed by atoms with E-state index in [0.717, 1.165) is 25.7 Å². The number of rotatable bonds is 8. The molecule has 1 atom stereocenters. The molecule has 1 saturated heterocycles. The van der Waals surface area contributed by atoms with Crippen LogP contribution in [-0.4, -0.2) is 65.6 Å². The van der Waals surface area contributed by atoms with Gasteiger partial charge in [0.05, 0.1) is 12.7 Å². The maximum Gasteiger partial charge on any atom is 0.418 e. The first kappa shape index (κ1) is 34.3. The largest absolute Gasteiger partial charge is 0.490 e. The molecule has 1 aromatic heterocycles. The number of para-hydroxylation sites is 1. The van der Waals surface area contributed by atoms with E-state index in [1.54, 1.807) is 37.8 Å². The predicted molar refractivity (Wildman–Crippen MR) is 172 cm³/mol. The van der Waals surface area contributed by atoms with Crippen molar-refractivity contribution in [2.75, 3.05) is 31.1 Å². The van der Waals surface area contributed by atoms with Crippen molar-refractivity contribution in [3.63, 3.8) is 0 Å². The lowest BCUT2D eigenvalue weighted by atomic mass is 9.88. The topological polar surface area (TPSA) is 104 Å². The first-order chi connectivity index (χ1) is 22.1. The third-order valence-corrected chi connectivity index (χ3v) is 8.05. The van der Waals surface area contributed by atoms with Crippen molar-refractivity contribution in [3.8, 4) is 11.5 Å². The van der Waals surface area contributed by atoms with Crippen LogP contribution in [0.25, 0.3) is 11.1 Å². The van der Waals surface area contributed by atoms with E-state index < -0.39 is 28.9 Å². The van der Waals surface area contributed by atoms with Crippen LogP contribution < -0.4 is 14.4 Å². The Kier molecular flexibility index (Phi) is 10.2. The summed E-state index contributed by atoms with van der Waals surface area (Å²) in [5.74, 6) is -0.989. The van der Waals surface area contributed by atoms with Crippen LogP contribution in [0.2, 0.25) is 0 Å². The molecule has 0 N–H and O–H groups in total. The molecule has 0 unspecified atom stereocenters. The first-order valence-electron chi connectivity index (χ1n) is 16.3. The number of likely N-dealkylation sites (tertiary alicyclic amines) is 1. The van der Waals surface area contributed by atoms with Gasteiger partial charge in [-0.1, -0.05) is 6.07 Å². The molecule has 2 aliphatic rings. The number of carbonyl (C=O) groups is 2. The van der Waals surface area contributed by atoms with Crippen molar-refractivity contribution in [3.05, 3.63) is 48.0 Å². The summed E-state index contributed by atoms with van der Waals surface area (Å²) in [6, 6.07) is 9.15. The van der Waals surface area contributed by atoms with Gasteiger partial charge in [0.1, 0.15) is 22.5 Å². The Bertz CT molecular complexity index is 1540. The molecule has 2 amide bonds. The SMILES string of the molecule is CC(C)(C)OC(=O)N1CC[C@H](CN(C(=O)OC(C)(C)C)c2nc3ccc(OC4CCC(COc5c(F)cccc5F)CC4)cc3o2)C1. The zero-order valence-corrected chi connectivity index (χ0v) is 28.0. The highest BCUT2D eigenvalue weighted by atomic mass is 19.1. The van der Waals surface area contributed by atoms with Crippen LogP contribution >= 0.6 is 0 Å². The Hall–Kier alpha value is -4.09. The van der Waals surface area contributed by atoms with Crippen molar-refractivity contribution in [2.45, 2.75) is 91.0 Å². The highest BCUT2D eigenvalue weighted by Gasteiger charge is 2.35. The highest BCUT2D eigenvalue weighted by Crippen LogP contribution is 2.33. The van der Waals surface area contributed by atoms with Crippen molar-refractivity contribution < 1.29 is 41.7 Å². The second-order valence-electron chi connectivity index (χ2n) is 14.4. The number of oxazole rings is 1. The number of ether oxygens (including phenoxy) is 4. The average molecular weight is 658 g/mol. The summed E-state index contributed by atoms with van der Waals surface area (Å²) < 4.78 is 56.9. The Balaban J connectivity index is 1.21. The summed E-state index contributed by atoms with van der Waals surface area (Å²) >= 11 is 0. The van der Waals surface area contributed by atoms with E-state index in [-0.39, 0.29) is 48.9 Å². The Morgan fingerprint density at radius 3 is 2.28 bits per heavy atom. The van der Waals surface area contributed by atoms with E-state index in [4.69, 9.17) is 23.4 Å². The number of anilines is 1. The van der Waals surface area contributed by atoms with Gasteiger partial charge in [0.2, 0.25) is 0 Å². The molecule has 2 heterocycles. The van der Waals surface area contributed by atoms with Gasteiger partial charge in [-0.05, 0) is 110 Å². The lowest BCUT2D eigenvalue weighted by Gasteiger charge is -2.29. The van der Waals surface area contributed by atoms with Crippen molar-refractivity contribution >= 4 is 29.3 Å². The van der Waals surface area contributed by atoms with Gasteiger partial charge >= 0.3 is 18.2 Å². The fourth-order valence-electron chi connectivity index (χ4n) is 5.79. The molecular weight excluding hydrogens is 612 g/mol. The number of hydrogen-bond donors (Lipinski definition) is 0. The van der Waals surface area contributed by atoms with Crippen LogP contribution in [0.5, 0.6) is 11.5 Å². The number of amides is 2. The molecule has 10 nitrogen and oxygen atoms in total. The molecule has 1 aliphatic heterocycles.